The number of hydrogen-bond donors (Lipinski definition) is 0. The molecule has 1 saturated carbocycles. The third-order valence-electron chi connectivity index (χ3n) is 10.8. The van der Waals surface area contributed by atoms with Gasteiger partial charge in [0, 0.05) is 68.1 Å². The molecule has 0 radical (unpaired) electrons. The molecule has 11 heteroatoms. The number of hydrogen-bond acceptors (Lipinski definition) is 9. The van der Waals surface area contributed by atoms with E-state index in [1.54, 1.807) is 11.1 Å². The second kappa shape index (κ2) is 14.6. The fourth-order valence-corrected chi connectivity index (χ4v) is 8.20. The van der Waals surface area contributed by atoms with Crippen LogP contribution in [0.25, 0.3) is 0 Å². The van der Waals surface area contributed by atoms with Crippen molar-refractivity contribution in [3.8, 4) is 17.2 Å². The fraction of sp³-hybridized carbons (Fsp3) is 0.579. The minimum absolute atomic E-state index is 0.0327. The molecule has 10 nitrogen and oxygen atoms in total. The standard InChI is InChI=1S/C38H50FN7O3/c1-4-46(27(2)3)37(47)30-19-28(39)9-10-33(30)49-35-22-40-26-42-36(35)45-24-38(25-45)20-29(21-38)48-34-11-13-41-32-12-18-44(23-31(32)34)17-8-16-43-14-6-5-7-15-43/h9-11,13,19,22,26-27,29H,4-8,12,14-18,20-21,23-25H2,1-3H3. The molecule has 1 aliphatic carbocycles. The van der Waals surface area contributed by atoms with E-state index in [9.17, 15) is 9.18 Å². The SMILES string of the molecule is CCN(C(=O)c1cc(F)ccc1Oc1cncnc1N1CC2(CC(Oc3ccnc4c3CN(CCCN3CCCCC3)CC4)C2)C1)C(C)C. The summed E-state index contributed by atoms with van der Waals surface area (Å²) in [5.74, 6) is 1.64. The average molecular weight is 672 g/mol. The van der Waals surface area contributed by atoms with Gasteiger partial charge in [-0.2, -0.15) is 0 Å². The number of nitrogens with zero attached hydrogens (tertiary/aromatic N) is 7. The smallest absolute Gasteiger partial charge is 0.257 e. The summed E-state index contributed by atoms with van der Waals surface area (Å²) in [6.45, 7) is 14.8. The van der Waals surface area contributed by atoms with Gasteiger partial charge in [-0.25, -0.2) is 14.4 Å². The maximum absolute atomic E-state index is 14.3. The van der Waals surface area contributed by atoms with Crippen molar-refractivity contribution in [1.82, 2.24) is 29.7 Å². The highest BCUT2D eigenvalue weighted by molar-refractivity contribution is 5.97. The second-order valence-electron chi connectivity index (χ2n) is 14.7. The van der Waals surface area contributed by atoms with Gasteiger partial charge in [-0.1, -0.05) is 6.42 Å². The van der Waals surface area contributed by atoms with E-state index < -0.39 is 5.82 Å². The Morgan fingerprint density at radius 2 is 1.82 bits per heavy atom. The maximum Gasteiger partial charge on any atom is 0.257 e. The monoisotopic (exact) mass is 671 g/mol. The van der Waals surface area contributed by atoms with Gasteiger partial charge >= 0.3 is 0 Å². The van der Waals surface area contributed by atoms with Gasteiger partial charge in [0.15, 0.2) is 11.6 Å². The Morgan fingerprint density at radius 1 is 1.02 bits per heavy atom. The number of pyridine rings is 1. The molecule has 49 heavy (non-hydrogen) atoms. The van der Waals surface area contributed by atoms with Crippen LogP contribution in [0.15, 0.2) is 43.0 Å². The Morgan fingerprint density at radius 3 is 2.59 bits per heavy atom. The van der Waals surface area contributed by atoms with Crippen LogP contribution in [0.5, 0.6) is 17.2 Å². The molecule has 2 saturated heterocycles. The minimum atomic E-state index is -0.487. The predicted molar refractivity (Wildman–Crippen MR) is 187 cm³/mol. The lowest BCUT2D eigenvalue weighted by Crippen LogP contribution is -2.65. The van der Waals surface area contributed by atoms with E-state index in [-0.39, 0.29) is 34.8 Å². The number of carbonyl (C=O) groups excluding carboxylic acids is 1. The second-order valence-corrected chi connectivity index (χ2v) is 14.7. The summed E-state index contributed by atoms with van der Waals surface area (Å²) in [5, 5.41) is 0. The van der Waals surface area contributed by atoms with Crippen molar-refractivity contribution in [2.75, 3.05) is 57.3 Å². The predicted octanol–water partition coefficient (Wildman–Crippen LogP) is 5.96. The van der Waals surface area contributed by atoms with Gasteiger partial charge in [0.05, 0.1) is 11.8 Å². The van der Waals surface area contributed by atoms with E-state index in [1.807, 2.05) is 33.0 Å². The Hall–Kier alpha value is -3.83. The molecule has 3 aromatic rings. The lowest BCUT2D eigenvalue weighted by atomic mass is 9.61. The topological polar surface area (TPSA) is 87.2 Å². The molecule has 1 amide bonds. The van der Waals surface area contributed by atoms with Crippen LogP contribution in [-0.4, -0.2) is 100 Å². The summed E-state index contributed by atoms with van der Waals surface area (Å²) in [6.07, 6.45) is 13.4. The number of rotatable bonds is 12. The van der Waals surface area contributed by atoms with Crippen LogP contribution >= 0.6 is 0 Å². The number of piperidine rings is 1. The molecular weight excluding hydrogens is 621 g/mol. The molecule has 5 heterocycles. The van der Waals surface area contributed by atoms with E-state index in [0.29, 0.717) is 18.1 Å². The van der Waals surface area contributed by atoms with E-state index >= 15 is 0 Å². The highest BCUT2D eigenvalue weighted by atomic mass is 19.1. The zero-order chi connectivity index (χ0) is 34.0. The molecule has 3 aliphatic heterocycles. The van der Waals surface area contributed by atoms with Crippen LogP contribution in [0.2, 0.25) is 0 Å². The van der Waals surface area contributed by atoms with E-state index in [4.69, 9.17) is 14.5 Å². The summed E-state index contributed by atoms with van der Waals surface area (Å²) in [6, 6.07) is 6.07. The molecular formula is C38H50FN7O3. The number of amides is 1. The summed E-state index contributed by atoms with van der Waals surface area (Å²) in [5.41, 5.74) is 2.81. The van der Waals surface area contributed by atoms with Crippen LogP contribution in [0.3, 0.4) is 0 Å². The quantitative estimate of drug-likeness (QED) is 0.232. The number of anilines is 1. The Kier molecular flexibility index (Phi) is 10.0. The minimum Gasteiger partial charge on any atom is -0.490 e. The molecule has 1 aromatic carbocycles. The van der Waals surface area contributed by atoms with Crippen molar-refractivity contribution < 1.29 is 18.7 Å². The van der Waals surface area contributed by atoms with Crippen molar-refractivity contribution in [2.45, 2.75) is 84.4 Å². The van der Waals surface area contributed by atoms with Crippen LogP contribution in [0.1, 0.15) is 80.9 Å². The highest BCUT2D eigenvalue weighted by Gasteiger charge is 2.54. The first kappa shape index (κ1) is 33.7. The van der Waals surface area contributed by atoms with E-state index in [0.717, 1.165) is 57.7 Å². The lowest BCUT2D eigenvalue weighted by Gasteiger charge is -2.59. The highest BCUT2D eigenvalue weighted by Crippen LogP contribution is 2.52. The summed E-state index contributed by atoms with van der Waals surface area (Å²) >= 11 is 0. The van der Waals surface area contributed by atoms with E-state index in [2.05, 4.69) is 24.7 Å². The van der Waals surface area contributed by atoms with Crippen molar-refractivity contribution in [3.63, 3.8) is 0 Å². The molecule has 2 aromatic heterocycles. The van der Waals surface area contributed by atoms with Gasteiger partial charge in [0.1, 0.15) is 29.7 Å². The number of benzene rings is 1. The average Bonchev–Trinajstić information content (AvgIpc) is 3.07. The van der Waals surface area contributed by atoms with Gasteiger partial charge in [0.25, 0.3) is 5.91 Å². The molecule has 0 bridgehead atoms. The molecule has 7 rings (SSSR count). The third-order valence-corrected chi connectivity index (χ3v) is 10.8. The van der Waals surface area contributed by atoms with Crippen molar-refractivity contribution in [3.05, 3.63) is 65.6 Å². The number of fused-ring (bicyclic) bond motifs is 1. The summed E-state index contributed by atoms with van der Waals surface area (Å²) in [4.78, 5) is 35.9. The lowest BCUT2D eigenvalue weighted by molar-refractivity contribution is -0.0352. The molecule has 1 spiro atoms. The van der Waals surface area contributed by atoms with E-state index in [1.165, 1.54) is 81.1 Å². The van der Waals surface area contributed by atoms with Gasteiger partial charge in [-0.3, -0.25) is 14.7 Å². The molecule has 0 unspecified atom stereocenters. The molecule has 0 atom stereocenters. The largest absolute Gasteiger partial charge is 0.490 e. The van der Waals surface area contributed by atoms with Crippen molar-refractivity contribution in [2.24, 2.45) is 5.41 Å². The first-order valence-corrected chi connectivity index (χ1v) is 18.2. The first-order chi connectivity index (χ1) is 23.8. The molecule has 262 valence electrons. The van der Waals surface area contributed by atoms with Crippen molar-refractivity contribution in [1.29, 1.82) is 0 Å². The van der Waals surface area contributed by atoms with Crippen LogP contribution in [-0.2, 0) is 13.0 Å². The van der Waals surface area contributed by atoms with Gasteiger partial charge in [0.2, 0.25) is 0 Å². The molecule has 0 N–H and O–H groups in total. The van der Waals surface area contributed by atoms with Crippen LogP contribution in [0.4, 0.5) is 10.2 Å². The Balaban J connectivity index is 0.947. The first-order valence-electron chi connectivity index (χ1n) is 18.2. The zero-order valence-corrected chi connectivity index (χ0v) is 29.2. The number of halogens is 1. The Bertz CT molecular complexity index is 1620. The van der Waals surface area contributed by atoms with Crippen LogP contribution < -0.4 is 14.4 Å². The number of carbonyl (C=O) groups is 1. The van der Waals surface area contributed by atoms with Gasteiger partial charge in [-0.15, -0.1) is 0 Å². The summed E-state index contributed by atoms with van der Waals surface area (Å²) < 4.78 is 27.2. The third kappa shape index (κ3) is 7.38. The van der Waals surface area contributed by atoms with Crippen LogP contribution in [0, 0.1) is 11.2 Å². The Labute approximate surface area is 289 Å². The van der Waals surface area contributed by atoms with Crippen molar-refractivity contribution >= 4 is 11.7 Å². The number of aromatic nitrogens is 3. The maximum atomic E-state index is 14.3. The summed E-state index contributed by atoms with van der Waals surface area (Å²) in [7, 11) is 0. The molecule has 4 aliphatic rings. The molecule has 3 fully saturated rings. The van der Waals surface area contributed by atoms with Gasteiger partial charge < -0.3 is 24.2 Å². The van der Waals surface area contributed by atoms with Gasteiger partial charge in [-0.05, 0) is 103 Å². The normalized spacial score (nSPS) is 19.3. The number of likely N-dealkylation sites (tertiary alicyclic amines) is 1. The fourth-order valence-electron chi connectivity index (χ4n) is 8.20. The zero-order valence-electron chi connectivity index (χ0n) is 29.2. The number of ether oxygens (including phenoxy) is 2.